The van der Waals surface area contributed by atoms with Crippen molar-refractivity contribution in [2.24, 2.45) is 5.92 Å². The number of hydrogen-bond acceptors (Lipinski definition) is 4. The summed E-state index contributed by atoms with van der Waals surface area (Å²) in [5, 5.41) is 3.42. The largest absolute Gasteiger partial charge is 0.414 e. The Morgan fingerprint density at radius 1 is 1.09 bits per heavy atom. The van der Waals surface area contributed by atoms with Crippen molar-refractivity contribution in [1.29, 1.82) is 0 Å². The number of halogens is 3. The average Bonchev–Trinajstić information content (AvgIpc) is 3.22. The summed E-state index contributed by atoms with van der Waals surface area (Å²) in [5.41, 5.74) is 5.78. The van der Waals surface area contributed by atoms with Gasteiger partial charge in [-0.05, 0) is 85.4 Å². The molecule has 1 atom stereocenters. The maximum Gasteiger partial charge on any atom is 0.414 e. The molecule has 2 heterocycles. The molecule has 1 aromatic heterocycles. The minimum atomic E-state index is -4.60. The molecule has 0 bridgehead atoms. The molecule has 33 heavy (non-hydrogen) atoms. The lowest BCUT2D eigenvalue weighted by Gasteiger charge is -2.33. The van der Waals surface area contributed by atoms with Gasteiger partial charge in [0.2, 0.25) is 5.91 Å². The van der Waals surface area contributed by atoms with E-state index in [-0.39, 0.29) is 17.7 Å². The number of alkyl halides is 3. The number of carbonyl (C=O) groups excluding carboxylic acids is 1. The highest BCUT2D eigenvalue weighted by Crippen LogP contribution is 2.38. The van der Waals surface area contributed by atoms with Crippen LogP contribution in [0.2, 0.25) is 0 Å². The molecule has 1 aliphatic carbocycles. The summed E-state index contributed by atoms with van der Waals surface area (Å²) < 4.78 is 42.0. The van der Waals surface area contributed by atoms with Gasteiger partial charge >= 0.3 is 6.18 Å². The quantitative estimate of drug-likeness (QED) is 0.619. The van der Waals surface area contributed by atoms with E-state index in [1.165, 1.54) is 41.6 Å². The van der Waals surface area contributed by atoms with Gasteiger partial charge in [0.1, 0.15) is 0 Å². The van der Waals surface area contributed by atoms with E-state index in [1.54, 1.807) is 17.8 Å². The second-order valence-corrected chi connectivity index (χ2v) is 10.4. The molecule has 1 fully saturated rings. The number of hydrogen-bond donors (Lipinski definition) is 1. The second-order valence-electron chi connectivity index (χ2n) is 9.16. The Kier molecular flexibility index (Phi) is 6.93. The van der Waals surface area contributed by atoms with Crippen LogP contribution in [0.4, 0.5) is 18.9 Å². The number of aryl methyl sites for hydroxylation is 2. The molecule has 1 aromatic carbocycles. The lowest BCUT2D eigenvalue weighted by Crippen LogP contribution is -2.43. The number of benzene rings is 1. The topological polar surface area (TPSA) is 45.2 Å². The number of pyridine rings is 1. The van der Waals surface area contributed by atoms with Gasteiger partial charge in [-0.1, -0.05) is 12.1 Å². The molecule has 4 nitrogen and oxygen atoms in total. The van der Waals surface area contributed by atoms with E-state index in [1.807, 2.05) is 0 Å². The maximum atomic E-state index is 14.0. The predicted octanol–water partition coefficient (Wildman–Crippen LogP) is 5.48. The van der Waals surface area contributed by atoms with Gasteiger partial charge in [0.15, 0.2) is 6.04 Å². The average molecular weight is 478 g/mol. The van der Waals surface area contributed by atoms with E-state index in [0.717, 1.165) is 29.2 Å². The summed E-state index contributed by atoms with van der Waals surface area (Å²) >= 11 is 1.74. The molecule has 4 rings (SSSR count). The van der Waals surface area contributed by atoms with Crippen LogP contribution in [0.3, 0.4) is 0 Å². The molecule has 0 spiro atoms. The molecule has 8 heteroatoms. The van der Waals surface area contributed by atoms with Gasteiger partial charge in [0, 0.05) is 19.0 Å². The van der Waals surface area contributed by atoms with Crippen LogP contribution in [-0.4, -0.2) is 46.6 Å². The minimum Gasteiger partial charge on any atom is -0.380 e. The Labute approximate surface area is 197 Å². The molecule has 2 aliphatic rings. The molecule has 0 saturated carbocycles. The highest BCUT2D eigenvalue weighted by atomic mass is 32.2. The number of carbonyl (C=O) groups is 1. The Hall–Kier alpha value is -2.22. The zero-order valence-electron chi connectivity index (χ0n) is 19.2. The van der Waals surface area contributed by atoms with E-state index in [4.69, 9.17) is 0 Å². The van der Waals surface area contributed by atoms with Crippen molar-refractivity contribution in [1.82, 2.24) is 9.88 Å². The second kappa shape index (κ2) is 9.57. The first-order valence-corrected chi connectivity index (χ1v) is 12.5. The number of rotatable bonds is 5. The Bertz CT molecular complexity index is 972. The smallest absolute Gasteiger partial charge is 0.380 e. The molecule has 1 saturated heterocycles. The Morgan fingerprint density at radius 3 is 2.21 bits per heavy atom. The number of anilines is 1. The molecular formula is C25H30F3N3OS. The SMILES string of the molecule is Cc1ccc(C)c2c1CC(Nc1ccc(C(N(C)C(=O)C3CCSCC3)C(F)(F)F)nc1)C2. The number of fused-ring (bicyclic) bond motifs is 1. The molecule has 1 aliphatic heterocycles. The van der Waals surface area contributed by atoms with Crippen LogP contribution in [0.5, 0.6) is 0 Å². The van der Waals surface area contributed by atoms with Crippen molar-refractivity contribution >= 4 is 23.4 Å². The van der Waals surface area contributed by atoms with Gasteiger partial charge in [-0.3, -0.25) is 9.78 Å². The van der Waals surface area contributed by atoms with Crippen molar-refractivity contribution in [3.63, 3.8) is 0 Å². The standard InChI is InChI=1S/C25H30F3N3OS/c1-15-4-5-16(2)21-13-19(12-20(15)21)30-18-6-7-22(29-14-18)23(25(26,27)28)31(3)24(32)17-8-10-33-11-9-17/h4-7,14,17,19,23,30H,8-13H2,1-3H3. The normalized spacial score (nSPS) is 18.1. The summed E-state index contributed by atoms with van der Waals surface area (Å²) in [5.74, 6) is 0.821. The predicted molar refractivity (Wildman–Crippen MR) is 127 cm³/mol. The van der Waals surface area contributed by atoms with Gasteiger partial charge in [-0.15, -0.1) is 0 Å². The van der Waals surface area contributed by atoms with Gasteiger partial charge in [0.25, 0.3) is 0 Å². The van der Waals surface area contributed by atoms with Crippen LogP contribution < -0.4 is 5.32 Å². The van der Waals surface area contributed by atoms with Crippen LogP contribution in [0.25, 0.3) is 0 Å². The van der Waals surface area contributed by atoms with Gasteiger partial charge in [0.05, 0.1) is 17.6 Å². The van der Waals surface area contributed by atoms with E-state index in [9.17, 15) is 18.0 Å². The first kappa shape index (κ1) is 23.9. The number of aromatic nitrogens is 1. The first-order chi connectivity index (χ1) is 15.6. The lowest BCUT2D eigenvalue weighted by atomic mass is 9.99. The zero-order chi connectivity index (χ0) is 23.8. The Morgan fingerprint density at radius 2 is 1.70 bits per heavy atom. The molecule has 1 amide bonds. The summed E-state index contributed by atoms with van der Waals surface area (Å²) in [6.07, 6.45) is -0.140. The fourth-order valence-electron chi connectivity index (χ4n) is 5.00. The van der Waals surface area contributed by atoms with E-state index in [2.05, 4.69) is 36.3 Å². The van der Waals surface area contributed by atoms with Crippen molar-refractivity contribution < 1.29 is 18.0 Å². The molecule has 1 unspecified atom stereocenters. The molecule has 178 valence electrons. The van der Waals surface area contributed by atoms with Crippen LogP contribution in [0, 0.1) is 19.8 Å². The van der Waals surface area contributed by atoms with Crippen LogP contribution >= 0.6 is 11.8 Å². The van der Waals surface area contributed by atoms with Crippen LogP contribution in [-0.2, 0) is 17.6 Å². The summed E-state index contributed by atoms with van der Waals surface area (Å²) in [7, 11) is 1.25. The molecule has 0 radical (unpaired) electrons. The van der Waals surface area contributed by atoms with Crippen molar-refractivity contribution in [2.75, 3.05) is 23.9 Å². The molecule has 2 aromatic rings. The van der Waals surface area contributed by atoms with Gasteiger partial charge < -0.3 is 10.2 Å². The van der Waals surface area contributed by atoms with Crippen LogP contribution in [0.15, 0.2) is 30.5 Å². The van der Waals surface area contributed by atoms with E-state index in [0.29, 0.717) is 18.5 Å². The van der Waals surface area contributed by atoms with E-state index >= 15 is 0 Å². The lowest BCUT2D eigenvalue weighted by molar-refractivity contribution is -0.191. The van der Waals surface area contributed by atoms with Crippen molar-refractivity contribution in [2.45, 2.75) is 57.8 Å². The monoisotopic (exact) mass is 477 g/mol. The first-order valence-electron chi connectivity index (χ1n) is 11.4. The highest BCUT2D eigenvalue weighted by Gasteiger charge is 2.47. The third kappa shape index (κ3) is 5.15. The molecule has 1 N–H and O–H groups in total. The summed E-state index contributed by atoms with van der Waals surface area (Å²) in [4.78, 5) is 17.8. The third-order valence-electron chi connectivity index (χ3n) is 6.85. The number of nitrogens with one attached hydrogen (secondary N) is 1. The number of nitrogens with zero attached hydrogens (tertiary/aromatic N) is 2. The third-order valence-corrected chi connectivity index (χ3v) is 7.90. The fraction of sp³-hybridized carbons (Fsp3) is 0.520. The van der Waals surface area contributed by atoms with Crippen molar-refractivity contribution in [3.8, 4) is 0 Å². The van der Waals surface area contributed by atoms with Crippen molar-refractivity contribution in [3.05, 3.63) is 58.4 Å². The van der Waals surface area contributed by atoms with Crippen LogP contribution in [0.1, 0.15) is 46.8 Å². The molecular weight excluding hydrogens is 447 g/mol. The maximum absolute atomic E-state index is 14.0. The summed E-state index contributed by atoms with van der Waals surface area (Å²) in [6, 6.07) is 5.43. The van der Waals surface area contributed by atoms with E-state index < -0.39 is 18.1 Å². The zero-order valence-corrected chi connectivity index (χ0v) is 20.0. The minimum absolute atomic E-state index is 0.157. The fourth-order valence-corrected chi connectivity index (χ4v) is 6.10. The Balaban J connectivity index is 1.47. The van der Waals surface area contributed by atoms with Gasteiger partial charge in [-0.2, -0.15) is 24.9 Å². The highest BCUT2D eigenvalue weighted by molar-refractivity contribution is 7.99. The summed E-state index contributed by atoms with van der Waals surface area (Å²) in [6.45, 7) is 4.22. The van der Waals surface area contributed by atoms with Gasteiger partial charge in [-0.25, -0.2) is 0 Å². The number of thioether (sulfide) groups is 1. The number of amides is 1.